The van der Waals surface area contributed by atoms with Gasteiger partial charge in [0.15, 0.2) is 0 Å². The van der Waals surface area contributed by atoms with E-state index in [2.05, 4.69) is 10.6 Å². The number of halogens is 1. The highest BCUT2D eigenvalue weighted by Gasteiger charge is 2.34. The van der Waals surface area contributed by atoms with Crippen molar-refractivity contribution in [2.75, 3.05) is 24.5 Å². The van der Waals surface area contributed by atoms with E-state index in [1.807, 2.05) is 0 Å². The van der Waals surface area contributed by atoms with Gasteiger partial charge in [-0.3, -0.25) is 19.3 Å². The molecule has 2 fully saturated rings. The lowest BCUT2D eigenvalue weighted by Gasteiger charge is -2.18. The zero-order valence-corrected chi connectivity index (χ0v) is 12.6. The van der Waals surface area contributed by atoms with Crippen molar-refractivity contribution in [3.05, 3.63) is 30.1 Å². The summed E-state index contributed by atoms with van der Waals surface area (Å²) in [6.07, 6.45) is 0.100. The third-order valence-electron chi connectivity index (χ3n) is 3.87. The first-order valence-corrected chi connectivity index (χ1v) is 7.37. The lowest BCUT2D eigenvalue weighted by atomic mass is 10.2. The number of nitrogens with one attached hydrogen (secondary N) is 2. The first-order chi connectivity index (χ1) is 11.4. The Labute approximate surface area is 136 Å². The van der Waals surface area contributed by atoms with E-state index in [4.69, 9.17) is 0 Å². The van der Waals surface area contributed by atoms with Gasteiger partial charge in [0, 0.05) is 18.7 Å². The molecule has 1 aromatic rings. The van der Waals surface area contributed by atoms with Gasteiger partial charge in [-0.25, -0.2) is 9.18 Å². The summed E-state index contributed by atoms with van der Waals surface area (Å²) in [5.41, 5.74) is 0.548. The summed E-state index contributed by atoms with van der Waals surface area (Å²) in [4.78, 5) is 49.1. The number of hydrogen-bond donors (Lipinski definition) is 2. The van der Waals surface area contributed by atoms with E-state index in [9.17, 15) is 23.6 Å². The molecule has 0 saturated carbocycles. The van der Waals surface area contributed by atoms with Crippen LogP contribution in [0.3, 0.4) is 0 Å². The maximum absolute atomic E-state index is 13.0. The summed E-state index contributed by atoms with van der Waals surface area (Å²) >= 11 is 0. The zero-order valence-electron chi connectivity index (χ0n) is 12.6. The minimum absolute atomic E-state index is 0.100. The van der Waals surface area contributed by atoms with Gasteiger partial charge in [-0.1, -0.05) is 0 Å². The second-order valence-electron chi connectivity index (χ2n) is 5.59. The molecule has 2 saturated heterocycles. The van der Waals surface area contributed by atoms with Gasteiger partial charge < -0.3 is 15.5 Å². The minimum atomic E-state index is -0.606. The van der Waals surface area contributed by atoms with Crippen LogP contribution >= 0.6 is 0 Å². The van der Waals surface area contributed by atoms with Gasteiger partial charge in [0.05, 0.1) is 12.6 Å². The Morgan fingerprint density at radius 1 is 1.21 bits per heavy atom. The Bertz CT molecular complexity index is 690. The Morgan fingerprint density at radius 2 is 1.92 bits per heavy atom. The number of imide groups is 1. The largest absolute Gasteiger partial charge is 0.349 e. The Hall–Kier alpha value is -2.97. The molecule has 0 spiro atoms. The predicted octanol–water partition coefficient (Wildman–Crippen LogP) is -0.401. The first-order valence-electron chi connectivity index (χ1n) is 7.37. The molecule has 1 atom stereocenters. The van der Waals surface area contributed by atoms with Crippen molar-refractivity contribution in [1.29, 1.82) is 0 Å². The Morgan fingerprint density at radius 3 is 2.54 bits per heavy atom. The van der Waals surface area contributed by atoms with Gasteiger partial charge >= 0.3 is 6.03 Å². The molecule has 2 N–H and O–H groups in total. The van der Waals surface area contributed by atoms with Gasteiger partial charge in [0.2, 0.25) is 11.8 Å². The molecule has 24 heavy (non-hydrogen) atoms. The van der Waals surface area contributed by atoms with Crippen LogP contribution in [-0.4, -0.2) is 54.3 Å². The average molecular weight is 334 g/mol. The summed E-state index contributed by atoms with van der Waals surface area (Å²) in [6.45, 7) is -0.255. The third kappa shape index (κ3) is 3.19. The number of carbonyl (C=O) groups is 4. The van der Waals surface area contributed by atoms with Gasteiger partial charge in [-0.15, -0.1) is 0 Å². The summed E-state index contributed by atoms with van der Waals surface area (Å²) in [6, 6.07) is 4.45. The van der Waals surface area contributed by atoms with E-state index in [1.165, 1.54) is 29.2 Å². The molecule has 2 aliphatic heterocycles. The molecule has 8 nitrogen and oxygen atoms in total. The third-order valence-corrected chi connectivity index (χ3v) is 3.87. The van der Waals surface area contributed by atoms with E-state index in [0.717, 1.165) is 4.90 Å². The molecule has 2 aliphatic rings. The van der Waals surface area contributed by atoms with Crippen molar-refractivity contribution in [1.82, 2.24) is 15.5 Å². The molecule has 0 radical (unpaired) electrons. The summed E-state index contributed by atoms with van der Waals surface area (Å²) in [5, 5.41) is 4.96. The molecule has 126 valence electrons. The van der Waals surface area contributed by atoms with E-state index >= 15 is 0 Å². The van der Waals surface area contributed by atoms with Gasteiger partial charge in [-0.05, 0) is 24.3 Å². The SMILES string of the molecule is O=C(CN1C(=O)CNC1=O)N[C@H]1CC(=O)N(c2ccc(F)cc2)C1. The fourth-order valence-electron chi connectivity index (χ4n) is 2.71. The molecule has 0 aromatic heterocycles. The van der Waals surface area contributed by atoms with Crippen molar-refractivity contribution >= 4 is 29.4 Å². The van der Waals surface area contributed by atoms with Crippen LogP contribution in [0.5, 0.6) is 0 Å². The van der Waals surface area contributed by atoms with Crippen molar-refractivity contribution < 1.29 is 23.6 Å². The number of rotatable bonds is 4. The van der Waals surface area contributed by atoms with E-state index < -0.39 is 29.7 Å². The van der Waals surface area contributed by atoms with Crippen LogP contribution in [0.4, 0.5) is 14.9 Å². The molecule has 1 aromatic carbocycles. The highest BCUT2D eigenvalue weighted by molar-refractivity contribution is 6.04. The minimum Gasteiger partial charge on any atom is -0.349 e. The van der Waals surface area contributed by atoms with Gasteiger partial charge in [0.1, 0.15) is 12.4 Å². The van der Waals surface area contributed by atoms with Crippen molar-refractivity contribution in [3.8, 4) is 0 Å². The van der Waals surface area contributed by atoms with Crippen molar-refractivity contribution in [2.45, 2.75) is 12.5 Å². The second-order valence-corrected chi connectivity index (χ2v) is 5.59. The lowest BCUT2D eigenvalue weighted by molar-refractivity contribution is -0.131. The molecule has 3 rings (SSSR count). The first kappa shape index (κ1) is 15.9. The van der Waals surface area contributed by atoms with Crippen LogP contribution in [0.15, 0.2) is 24.3 Å². The number of amides is 5. The van der Waals surface area contributed by atoms with Crippen LogP contribution in [0, 0.1) is 5.82 Å². The second kappa shape index (κ2) is 6.26. The maximum Gasteiger partial charge on any atom is 0.325 e. The number of nitrogens with zero attached hydrogens (tertiary/aromatic N) is 2. The fourth-order valence-corrected chi connectivity index (χ4v) is 2.71. The number of carbonyl (C=O) groups excluding carboxylic acids is 4. The fraction of sp³-hybridized carbons (Fsp3) is 0.333. The van der Waals surface area contributed by atoms with E-state index in [0.29, 0.717) is 5.69 Å². The van der Waals surface area contributed by atoms with Crippen LogP contribution in [0.2, 0.25) is 0 Å². The van der Waals surface area contributed by atoms with Crippen molar-refractivity contribution in [3.63, 3.8) is 0 Å². The average Bonchev–Trinajstić information content (AvgIpc) is 3.05. The topological polar surface area (TPSA) is 98.8 Å². The van der Waals surface area contributed by atoms with Gasteiger partial charge in [-0.2, -0.15) is 0 Å². The standard InChI is InChI=1S/C15H15FN4O4/c16-9-1-3-11(4-2-9)19-7-10(5-13(19)22)18-12(21)8-20-14(23)6-17-15(20)24/h1-4,10H,5-8H2,(H,17,24)(H,18,21)/t10-/m0/s1. The molecule has 2 heterocycles. The van der Waals surface area contributed by atoms with Crippen LogP contribution in [0.25, 0.3) is 0 Å². The predicted molar refractivity (Wildman–Crippen MR) is 80.4 cm³/mol. The highest BCUT2D eigenvalue weighted by Crippen LogP contribution is 2.21. The van der Waals surface area contributed by atoms with E-state index in [-0.39, 0.29) is 32.0 Å². The normalized spacial score (nSPS) is 20.5. The monoisotopic (exact) mass is 334 g/mol. The molecule has 0 unspecified atom stereocenters. The van der Waals surface area contributed by atoms with Crippen LogP contribution < -0.4 is 15.5 Å². The molecule has 0 aliphatic carbocycles. The molecule has 5 amide bonds. The molecule has 9 heteroatoms. The van der Waals surface area contributed by atoms with Crippen LogP contribution in [0.1, 0.15) is 6.42 Å². The molecular formula is C15H15FN4O4. The number of hydrogen-bond acceptors (Lipinski definition) is 4. The number of urea groups is 1. The molecular weight excluding hydrogens is 319 g/mol. The smallest absolute Gasteiger partial charge is 0.325 e. The summed E-state index contributed by atoms with van der Waals surface area (Å²) < 4.78 is 13.0. The lowest BCUT2D eigenvalue weighted by Crippen LogP contribution is -2.45. The molecule has 0 bridgehead atoms. The quantitative estimate of drug-likeness (QED) is 0.732. The Balaban J connectivity index is 1.58. The van der Waals surface area contributed by atoms with E-state index in [1.54, 1.807) is 0 Å². The van der Waals surface area contributed by atoms with Crippen LogP contribution in [-0.2, 0) is 14.4 Å². The Kier molecular flexibility index (Phi) is 4.15. The summed E-state index contributed by atoms with van der Waals surface area (Å²) in [5.74, 6) is -1.57. The summed E-state index contributed by atoms with van der Waals surface area (Å²) in [7, 11) is 0. The zero-order chi connectivity index (χ0) is 17.3. The van der Waals surface area contributed by atoms with Crippen molar-refractivity contribution in [2.24, 2.45) is 0 Å². The highest BCUT2D eigenvalue weighted by atomic mass is 19.1. The number of benzene rings is 1. The number of anilines is 1. The van der Waals surface area contributed by atoms with Gasteiger partial charge in [0.25, 0.3) is 5.91 Å². The maximum atomic E-state index is 13.0.